The summed E-state index contributed by atoms with van der Waals surface area (Å²) in [5.74, 6) is 3.05. The molecule has 1 aromatic heterocycles. The van der Waals surface area contributed by atoms with E-state index in [9.17, 15) is 0 Å². The fourth-order valence-electron chi connectivity index (χ4n) is 3.60. The summed E-state index contributed by atoms with van der Waals surface area (Å²) >= 11 is 0. The lowest BCUT2D eigenvalue weighted by Crippen LogP contribution is -2.45. The predicted octanol–water partition coefficient (Wildman–Crippen LogP) is 5.30. The van der Waals surface area contributed by atoms with Crippen molar-refractivity contribution in [3.8, 4) is 5.46 Å². The fraction of sp³-hybridized carbons (Fsp3) is 0.450. The standard InChI is InChI=1S/C20H30BSi/c1-14(2)18-9-10-21(19(13-18)22(6,7)8)20-16(4)11-15(3)12-17(20)5/h9-14H,1-8H3/q-1. The third-order valence-corrected chi connectivity index (χ3v) is 6.91. The first-order chi connectivity index (χ1) is 10.1. The quantitative estimate of drug-likeness (QED) is 0.675. The van der Waals surface area contributed by atoms with E-state index in [0.29, 0.717) is 12.3 Å². The molecule has 0 aliphatic rings. The van der Waals surface area contributed by atoms with E-state index in [1.54, 1.807) is 5.08 Å². The average molecular weight is 309 g/mol. The summed E-state index contributed by atoms with van der Waals surface area (Å²) in [4.78, 5) is 0. The molecule has 0 atom stereocenters. The van der Waals surface area contributed by atoms with Crippen LogP contribution in [0.15, 0.2) is 30.2 Å². The van der Waals surface area contributed by atoms with Gasteiger partial charge >= 0.3 is 0 Å². The molecule has 0 saturated heterocycles. The summed E-state index contributed by atoms with van der Waals surface area (Å²) < 4.78 is 0. The monoisotopic (exact) mass is 309 g/mol. The molecule has 0 bridgehead atoms. The van der Waals surface area contributed by atoms with Gasteiger partial charge in [0.1, 0.15) is 0 Å². The minimum atomic E-state index is -1.36. The Morgan fingerprint density at radius 2 is 1.45 bits per heavy atom. The highest BCUT2D eigenvalue weighted by Gasteiger charge is 2.15. The molecule has 0 spiro atoms. The van der Waals surface area contributed by atoms with Crippen molar-refractivity contribution in [3.05, 3.63) is 52.5 Å². The van der Waals surface area contributed by atoms with Crippen LogP contribution in [0.4, 0.5) is 0 Å². The summed E-state index contributed by atoms with van der Waals surface area (Å²) in [6, 6.07) is 9.54. The van der Waals surface area contributed by atoms with E-state index in [2.05, 4.69) is 84.5 Å². The molecule has 2 aromatic rings. The highest BCUT2D eigenvalue weighted by Crippen LogP contribution is 2.22. The molecule has 2 heteroatoms. The first-order valence-corrected chi connectivity index (χ1v) is 12.0. The van der Waals surface area contributed by atoms with E-state index in [-0.39, 0.29) is 0 Å². The number of benzene rings is 1. The van der Waals surface area contributed by atoms with Crippen molar-refractivity contribution in [2.24, 2.45) is 0 Å². The summed E-state index contributed by atoms with van der Waals surface area (Å²) in [6.07, 6.45) is 0.467. The van der Waals surface area contributed by atoms with Crippen LogP contribution in [-0.2, 0) is 0 Å². The zero-order chi connectivity index (χ0) is 16.7. The van der Waals surface area contributed by atoms with Crippen LogP contribution in [0.3, 0.4) is 0 Å². The van der Waals surface area contributed by atoms with E-state index < -0.39 is 8.07 Å². The van der Waals surface area contributed by atoms with Gasteiger partial charge in [0.25, 0.3) is 0 Å². The largest absolute Gasteiger partial charge is 0.259 e. The van der Waals surface area contributed by atoms with Gasteiger partial charge in [-0.15, -0.1) is 12.1 Å². The van der Waals surface area contributed by atoms with Gasteiger partial charge in [0.2, 0.25) is 0 Å². The summed E-state index contributed by atoms with van der Waals surface area (Å²) in [5.41, 5.74) is 7.24. The zero-order valence-electron chi connectivity index (χ0n) is 15.5. The second kappa shape index (κ2) is 6.16. The van der Waals surface area contributed by atoms with Crippen LogP contribution in [0.1, 0.15) is 42.0 Å². The number of aryl methyl sites for hydroxylation is 3. The molecule has 2 rings (SSSR count). The van der Waals surface area contributed by atoms with Gasteiger partial charge < -0.3 is 0 Å². The van der Waals surface area contributed by atoms with Crippen LogP contribution in [0, 0.1) is 20.8 Å². The van der Waals surface area contributed by atoms with Crippen LogP contribution in [0.2, 0.25) is 19.6 Å². The van der Waals surface area contributed by atoms with Crippen molar-refractivity contribution < 1.29 is 0 Å². The summed E-state index contributed by atoms with van der Waals surface area (Å²) in [5, 5.41) is 1.67. The van der Waals surface area contributed by atoms with Crippen LogP contribution in [-0.4, -0.2) is 14.4 Å². The molecule has 0 radical (unpaired) electrons. The molecule has 0 aliphatic carbocycles. The third-order valence-electron chi connectivity index (χ3n) is 4.72. The van der Waals surface area contributed by atoms with Gasteiger partial charge in [-0.05, 0) is 26.7 Å². The lowest BCUT2D eigenvalue weighted by molar-refractivity contribution is 0.869. The van der Waals surface area contributed by atoms with Gasteiger partial charge in [-0.25, -0.2) is 5.46 Å². The molecule has 1 heterocycles. The van der Waals surface area contributed by atoms with Gasteiger partial charge in [-0.1, -0.05) is 74.2 Å². The second-order valence-corrected chi connectivity index (χ2v) is 13.2. The van der Waals surface area contributed by atoms with Crippen LogP contribution < -0.4 is 5.08 Å². The van der Waals surface area contributed by atoms with E-state index in [1.165, 1.54) is 27.7 Å². The minimum Gasteiger partial charge on any atom is -0.259 e. The number of hydrogen-bond donors (Lipinski definition) is 0. The van der Waals surface area contributed by atoms with E-state index in [4.69, 9.17) is 0 Å². The molecular weight excluding hydrogens is 279 g/mol. The Hall–Kier alpha value is -1.15. The highest BCUT2D eigenvalue weighted by molar-refractivity contribution is 7.01. The molecule has 0 N–H and O–H groups in total. The van der Waals surface area contributed by atoms with Crippen LogP contribution in [0.25, 0.3) is 5.46 Å². The van der Waals surface area contributed by atoms with Crippen molar-refractivity contribution in [2.45, 2.75) is 60.2 Å². The molecule has 22 heavy (non-hydrogen) atoms. The molecule has 118 valence electrons. The Morgan fingerprint density at radius 1 is 0.909 bits per heavy atom. The van der Waals surface area contributed by atoms with Gasteiger partial charge in [0.15, 0.2) is 0 Å². The summed E-state index contributed by atoms with van der Waals surface area (Å²) in [6.45, 7) is 18.7. The maximum atomic E-state index is 2.51. The predicted molar refractivity (Wildman–Crippen MR) is 105 cm³/mol. The third kappa shape index (κ3) is 3.43. The van der Waals surface area contributed by atoms with Crippen molar-refractivity contribution in [3.63, 3.8) is 0 Å². The Balaban J connectivity index is 2.76. The van der Waals surface area contributed by atoms with Crippen molar-refractivity contribution in [1.29, 1.82) is 0 Å². The second-order valence-electron chi connectivity index (χ2n) is 8.15. The first-order valence-electron chi connectivity index (χ1n) is 8.46. The maximum absolute atomic E-state index is 2.51. The Labute approximate surface area is 138 Å². The molecule has 0 fully saturated rings. The smallest absolute Gasteiger partial charge is 0.0328 e. The lowest BCUT2D eigenvalue weighted by atomic mass is 9.56. The topological polar surface area (TPSA) is 0 Å². The SMILES string of the molecule is Cc1cc(C)c(-[b-]2ccc(C(C)C)cc2[Si](C)(C)C)c(C)c1. The lowest BCUT2D eigenvalue weighted by Gasteiger charge is -2.34. The molecule has 0 nitrogen and oxygen atoms in total. The zero-order valence-corrected chi connectivity index (χ0v) is 16.5. The van der Waals surface area contributed by atoms with Crippen molar-refractivity contribution in [1.82, 2.24) is 0 Å². The van der Waals surface area contributed by atoms with Gasteiger partial charge in [-0.3, -0.25) is 11.0 Å². The molecule has 1 aromatic carbocycles. The molecule has 0 unspecified atom stereocenters. The van der Waals surface area contributed by atoms with Crippen LogP contribution >= 0.6 is 0 Å². The van der Waals surface area contributed by atoms with Crippen molar-refractivity contribution >= 4 is 19.5 Å². The van der Waals surface area contributed by atoms with Crippen LogP contribution in [0.5, 0.6) is 0 Å². The Morgan fingerprint density at radius 3 is 1.91 bits per heavy atom. The first kappa shape index (κ1) is 17.2. The van der Waals surface area contributed by atoms with E-state index in [0.717, 1.165) is 0 Å². The number of hydrogen-bond acceptors (Lipinski definition) is 0. The molecule has 0 aliphatic heterocycles. The van der Waals surface area contributed by atoms with Gasteiger partial charge in [0, 0.05) is 8.07 Å². The van der Waals surface area contributed by atoms with E-state index >= 15 is 0 Å². The van der Waals surface area contributed by atoms with Gasteiger partial charge in [0.05, 0.1) is 0 Å². The van der Waals surface area contributed by atoms with Gasteiger partial charge in [-0.2, -0.15) is 0 Å². The Bertz CT molecular complexity index is 670. The molecule has 0 amide bonds. The maximum Gasteiger partial charge on any atom is 0.0328 e. The van der Waals surface area contributed by atoms with Crippen molar-refractivity contribution in [2.75, 3.05) is 0 Å². The van der Waals surface area contributed by atoms with E-state index in [1.807, 2.05) is 0 Å². The normalized spacial score (nSPS) is 12.0. The number of rotatable bonds is 3. The summed E-state index contributed by atoms with van der Waals surface area (Å²) in [7, 11) is -1.36. The average Bonchev–Trinajstić information content (AvgIpc) is 2.36. The Kier molecular flexibility index (Phi) is 4.82. The molecule has 0 saturated carbocycles. The highest BCUT2D eigenvalue weighted by atomic mass is 28.3. The fourth-order valence-corrected chi connectivity index (χ4v) is 5.38. The minimum absolute atomic E-state index is 0.467. The molecular formula is C20H30BSi-.